The second kappa shape index (κ2) is 4.80. The molecule has 86 valence electrons. The molecule has 0 unspecified atom stereocenters. The van der Waals surface area contributed by atoms with Gasteiger partial charge in [-0.15, -0.1) is 0 Å². The number of aromatic carboxylic acids is 1. The topological polar surface area (TPSA) is 75.1 Å². The number of carboxylic acids is 1. The molecule has 2 N–H and O–H groups in total. The van der Waals surface area contributed by atoms with Crippen molar-refractivity contribution in [2.75, 3.05) is 5.32 Å². The summed E-state index contributed by atoms with van der Waals surface area (Å²) in [5.41, 5.74) is 0.582. The van der Waals surface area contributed by atoms with E-state index in [1.54, 1.807) is 18.2 Å². The maximum absolute atomic E-state index is 10.7. The predicted molar refractivity (Wildman–Crippen MR) is 63.7 cm³/mol. The van der Waals surface area contributed by atoms with E-state index in [0.717, 1.165) is 0 Å². The summed E-state index contributed by atoms with van der Waals surface area (Å²) in [4.78, 5) is 18.3. The van der Waals surface area contributed by atoms with Crippen molar-refractivity contribution in [2.24, 2.45) is 0 Å². The van der Waals surface area contributed by atoms with Gasteiger partial charge in [0.1, 0.15) is 12.1 Å². The number of carboxylic acid groups (broad SMARTS) is 1. The van der Waals surface area contributed by atoms with E-state index >= 15 is 0 Å². The molecule has 17 heavy (non-hydrogen) atoms. The molecule has 0 aliphatic rings. The number of carbonyl (C=O) groups is 1. The maximum atomic E-state index is 10.7. The fourth-order valence-electron chi connectivity index (χ4n) is 1.24. The van der Waals surface area contributed by atoms with Crippen LogP contribution in [0.25, 0.3) is 0 Å². The van der Waals surface area contributed by atoms with Crippen LogP contribution in [0.2, 0.25) is 5.02 Å². The van der Waals surface area contributed by atoms with Crippen LogP contribution in [0.5, 0.6) is 0 Å². The number of benzene rings is 1. The standard InChI is InChI=1S/C11H8ClN3O2/c12-7-3-1-2-4-8(7)15-10-5-9(11(16)17)13-6-14-10/h1-6H,(H,16,17)(H,13,14,15). The van der Waals surface area contributed by atoms with E-state index in [1.807, 2.05) is 6.07 Å². The Morgan fingerprint density at radius 2 is 2.06 bits per heavy atom. The molecule has 0 saturated heterocycles. The zero-order chi connectivity index (χ0) is 12.3. The molecule has 0 atom stereocenters. The van der Waals surface area contributed by atoms with Gasteiger partial charge in [-0.2, -0.15) is 0 Å². The normalized spacial score (nSPS) is 9.94. The molecule has 0 saturated carbocycles. The van der Waals surface area contributed by atoms with Gasteiger partial charge in [-0.1, -0.05) is 23.7 Å². The first-order valence-electron chi connectivity index (χ1n) is 4.74. The van der Waals surface area contributed by atoms with E-state index in [2.05, 4.69) is 15.3 Å². The molecule has 0 aliphatic heterocycles. The van der Waals surface area contributed by atoms with Crippen molar-refractivity contribution in [3.8, 4) is 0 Å². The molecular formula is C11H8ClN3O2. The van der Waals surface area contributed by atoms with Gasteiger partial charge in [0.05, 0.1) is 10.7 Å². The van der Waals surface area contributed by atoms with E-state index in [0.29, 0.717) is 16.5 Å². The molecule has 0 radical (unpaired) electrons. The van der Waals surface area contributed by atoms with Gasteiger partial charge in [0.25, 0.3) is 0 Å². The Kier molecular flexibility index (Phi) is 3.20. The summed E-state index contributed by atoms with van der Waals surface area (Å²) in [5, 5.41) is 12.2. The number of rotatable bonds is 3. The molecule has 0 aliphatic carbocycles. The lowest BCUT2D eigenvalue weighted by molar-refractivity contribution is 0.0690. The average Bonchev–Trinajstić information content (AvgIpc) is 2.32. The summed E-state index contributed by atoms with van der Waals surface area (Å²) in [6, 6.07) is 8.45. The Hall–Kier alpha value is -2.14. The van der Waals surface area contributed by atoms with Crippen molar-refractivity contribution in [3.05, 3.63) is 47.4 Å². The summed E-state index contributed by atoms with van der Waals surface area (Å²) >= 11 is 5.95. The monoisotopic (exact) mass is 249 g/mol. The van der Waals surface area contributed by atoms with Gasteiger partial charge in [0, 0.05) is 6.07 Å². The molecular weight excluding hydrogens is 242 g/mol. The van der Waals surface area contributed by atoms with Gasteiger partial charge in [-0.3, -0.25) is 0 Å². The van der Waals surface area contributed by atoms with Crippen LogP contribution >= 0.6 is 11.6 Å². The molecule has 0 bridgehead atoms. The van der Waals surface area contributed by atoms with E-state index in [-0.39, 0.29) is 5.69 Å². The lowest BCUT2D eigenvalue weighted by Gasteiger charge is -2.06. The van der Waals surface area contributed by atoms with Crippen LogP contribution in [-0.4, -0.2) is 21.0 Å². The number of hydrogen-bond donors (Lipinski definition) is 2. The third kappa shape index (κ3) is 2.70. The number of halogens is 1. The molecule has 0 spiro atoms. The van der Waals surface area contributed by atoms with Crippen LogP contribution in [0, 0.1) is 0 Å². The molecule has 0 fully saturated rings. The van der Waals surface area contributed by atoms with Crippen LogP contribution in [0.3, 0.4) is 0 Å². The van der Waals surface area contributed by atoms with E-state index in [1.165, 1.54) is 12.4 Å². The van der Waals surface area contributed by atoms with Crippen LogP contribution < -0.4 is 5.32 Å². The molecule has 2 rings (SSSR count). The minimum Gasteiger partial charge on any atom is -0.477 e. The highest BCUT2D eigenvalue weighted by molar-refractivity contribution is 6.33. The quantitative estimate of drug-likeness (QED) is 0.874. The Labute approximate surface area is 102 Å². The van der Waals surface area contributed by atoms with Crippen LogP contribution in [0.4, 0.5) is 11.5 Å². The van der Waals surface area contributed by atoms with Crippen LogP contribution in [-0.2, 0) is 0 Å². The molecule has 5 nitrogen and oxygen atoms in total. The van der Waals surface area contributed by atoms with Gasteiger partial charge in [0.15, 0.2) is 5.69 Å². The molecule has 1 heterocycles. The first-order valence-corrected chi connectivity index (χ1v) is 5.11. The highest BCUT2D eigenvalue weighted by Gasteiger charge is 2.07. The highest BCUT2D eigenvalue weighted by Crippen LogP contribution is 2.23. The molecule has 6 heteroatoms. The Morgan fingerprint density at radius 3 is 2.76 bits per heavy atom. The summed E-state index contributed by atoms with van der Waals surface area (Å²) < 4.78 is 0. The number of para-hydroxylation sites is 1. The molecule has 0 amide bonds. The summed E-state index contributed by atoms with van der Waals surface area (Å²) in [6.07, 6.45) is 1.18. The van der Waals surface area contributed by atoms with E-state index in [4.69, 9.17) is 16.7 Å². The number of nitrogens with zero attached hydrogens (tertiary/aromatic N) is 2. The fourth-order valence-corrected chi connectivity index (χ4v) is 1.43. The largest absolute Gasteiger partial charge is 0.477 e. The van der Waals surface area contributed by atoms with Gasteiger partial charge >= 0.3 is 5.97 Å². The Bertz CT molecular complexity index is 560. The second-order valence-corrected chi connectivity index (χ2v) is 3.61. The Balaban J connectivity index is 2.28. The summed E-state index contributed by atoms with van der Waals surface area (Å²) in [6.45, 7) is 0. The second-order valence-electron chi connectivity index (χ2n) is 3.20. The number of nitrogens with one attached hydrogen (secondary N) is 1. The van der Waals surface area contributed by atoms with Gasteiger partial charge in [-0.05, 0) is 12.1 Å². The molecule has 1 aromatic heterocycles. The number of aromatic nitrogens is 2. The smallest absolute Gasteiger partial charge is 0.354 e. The van der Waals surface area contributed by atoms with Crippen molar-refractivity contribution >= 4 is 29.1 Å². The fraction of sp³-hybridized carbons (Fsp3) is 0. The minimum absolute atomic E-state index is 0.0745. The van der Waals surface area contributed by atoms with Crippen molar-refractivity contribution < 1.29 is 9.90 Å². The lowest BCUT2D eigenvalue weighted by Crippen LogP contribution is -2.03. The first kappa shape index (κ1) is 11.3. The van der Waals surface area contributed by atoms with E-state index in [9.17, 15) is 4.79 Å². The molecule has 2 aromatic rings. The third-order valence-corrected chi connectivity index (χ3v) is 2.35. The molecule has 1 aromatic carbocycles. The summed E-state index contributed by atoms with van der Waals surface area (Å²) in [7, 11) is 0. The SMILES string of the molecule is O=C(O)c1cc(Nc2ccccc2Cl)ncn1. The number of hydrogen-bond acceptors (Lipinski definition) is 4. The average molecular weight is 250 g/mol. The van der Waals surface area contributed by atoms with Gasteiger partial charge < -0.3 is 10.4 Å². The predicted octanol–water partition coefficient (Wildman–Crippen LogP) is 2.57. The van der Waals surface area contributed by atoms with Crippen molar-refractivity contribution in [3.63, 3.8) is 0 Å². The van der Waals surface area contributed by atoms with Crippen LogP contribution in [0.1, 0.15) is 10.5 Å². The lowest BCUT2D eigenvalue weighted by atomic mass is 10.3. The highest BCUT2D eigenvalue weighted by atomic mass is 35.5. The Morgan fingerprint density at radius 1 is 1.29 bits per heavy atom. The van der Waals surface area contributed by atoms with Crippen molar-refractivity contribution in [1.29, 1.82) is 0 Å². The zero-order valence-electron chi connectivity index (χ0n) is 8.59. The van der Waals surface area contributed by atoms with Crippen molar-refractivity contribution in [2.45, 2.75) is 0 Å². The zero-order valence-corrected chi connectivity index (χ0v) is 9.35. The number of anilines is 2. The minimum atomic E-state index is -1.10. The van der Waals surface area contributed by atoms with Crippen molar-refractivity contribution in [1.82, 2.24) is 9.97 Å². The van der Waals surface area contributed by atoms with Gasteiger partial charge in [0.2, 0.25) is 0 Å². The maximum Gasteiger partial charge on any atom is 0.354 e. The summed E-state index contributed by atoms with van der Waals surface area (Å²) in [5.74, 6) is -0.722. The third-order valence-electron chi connectivity index (χ3n) is 2.02. The van der Waals surface area contributed by atoms with Crippen LogP contribution in [0.15, 0.2) is 36.7 Å². The van der Waals surface area contributed by atoms with Gasteiger partial charge in [-0.25, -0.2) is 14.8 Å². The first-order chi connectivity index (χ1) is 8.16. The van der Waals surface area contributed by atoms with E-state index < -0.39 is 5.97 Å².